The first-order valence-corrected chi connectivity index (χ1v) is 10.2. The summed E-state index contributed by atoms with van der Waals surface area (Å²) in [5.74, 6) is 2.32. The molecule has 0 aliphatic carbocycles. The van der Waals surface area contributed by atoms with Crippen LogP contribution in [0.3, 0.4) is 0 Å². The van der Waals surface area contributed by atoms with Gasteiger partial charge in [0.05, 0.1) is 20.3 Å². The summed E-state index contributed by atoms with van der Waals surface area (Å²) >= 11 is 0. The number of ether oxygens (including phenoxy) is 2. The molecule has 0 amide bonds. The Hall–Kier alpha value is -1.79. The summed E-state index contributed by atoms with van der Waals surface area (Å²) < 4.78 is 10.6. The van der Waals surface area contributed by atoms with Gasteiger partial charge in [-0.15, -0.1) is 0 Å². The molecular formula is C21H36N4O2. The van der Waals surface area contributed by atoms with E-state index >= 15 is 0 Å². The summed E-state index contributed by atoms with van der Waals surface area (Å²) in [6.45, 7) is 11.9. The van der Waals surface area contributed by atoms with Crippen molar-refractivity contribution in [3.63, 3.8) is 0 Å². The van der Waals surface area contributed by atoms with Crippen molar-refractivity contribution in [2.24, 2.45) is 4.99 Å². The predicted molar refractivity (Wildman–Crippen MR) is 112 cm³/mol. The van der Waals surface area contributed by atoms with Crippen molar-refractivity contribution in [2.75, 3.05) is 59.6 Å². The van der Waals surface area contributed by atoms with Gasteiger partial charge in [0.2, 0.25) is 0 Å². The topological polar surface area (TPSA) is 58.1 Å². The van der Waals surface area contributed by atoms with Crippen LogP contribution in [0.5, 0.6) is 5.75 Å². The average Bonchev–Trinajstić information content (AvgIpc) is 2.72. The summed E-state index contributed by atoms with van der Waals surface area (Å²) in [7, 11) is 1.70. The minimum absolute atomic E-state index is 0.493. The predicted octanol–water partition coefficient (Wildman–Crippen LogP) is 2.47. The monoisotopic (exact) mass is 376 g/mol. The molecule has 0 radical (unpaired) electrons. The SMILES string of the molecule is CCNC(=NCCCN1CCOCC1)NCCC(C)c1ccc(OC)cc1. The highest BCUT2D eigenvalue weighted by Gasteiger charge is 2.09. The third kappa shape index (κ3) is 8.18. The van der Waals surface area contributed by atoms with Gasteiger partial charge in [-0.2, -0.15) is 0 Å². The molecule has 1 unspecified atom stereocenters. The quantitative estimate of drug-likeness (QED) is 0.373. The first-order chi connectivity index (χ1) is 13.2. The van der Waals surface area contributed by atoms with Crippen LogP contribution in [0.15, 0.2) is 29.3 Å². The van der Waals surface area contributed by atoms with E-state index < -0.39 is 0 Å². The zero-order chi connectivity index (χ0) is 19.3. The Morgan fingerprint density at radius 3 is 2.63 bits per heavy atom. The van der Waals surface area contributed by atoms with Crippen molar-refractivity contribution in [2.45, 2.75) is 32.6 Å². The highest BCUT2D eigenvalue weighted by atomic mass is 16.5. The Labute approximate surface area is 164 Å². The van der Waals surface area contributed by atoms with Crippen LogP contribution in [0.2, 0.25) is 0 Å². The maximum atomic E-state index is 5.39. The van der Waals surface area contributed by atoms with Crippen molar-refractivity contribution in [3.8, 4) is 5.75 Å². The Morgan fingerprint density at radius 1 is 1.22 bits per heavy atom. The second-order valence-electron chi connectivity index (χ2n) is 6.96. The fourth-order valence-corrected chi connectivity index (χ4v) is 3.16. The second-order valence-corrected chi connectivity index (χ2v) is 6.96. The van der Waals surface area contributed by atoms with Crippen LogP contribution < -0.4 is 15.4 Å². The fraction of sp³-hybridized carbons (Fsp3) is 0.667. The molecule has 6 heteroatoms. The third-order valence-electron chi connectivity index (χ3n) is 4.90. The van der Waals surface area contributed by atoms with Gasteiger partial charge in [0.25, 0.3) is 0 Å². The van der Waals surface area contributed by atoms with Gasteiger partial charge in [-0.25, -0.2) is 0 Å². The standard InChI is InChI=1S/C21H36N4O2/c1-4-22-21(23-11-5-13-25-14-16-27-17-15-25)24-12-10-18(2)19-6-8-20(26-3)9-7-19/h6-9,18H,4-5,10-17H2,1-3H3,(H2,22,23,24). The smallest absolute Gasteiger partial charge is 0.191 e. The van der Waals surface area contributed by atoms with Crippen molar-refractivity contribution in [3.05, 3.63) is 29.8 Å². The lowest BCUT2D eigenvalue weighted by Crippen LogP contribution is -2.39. The van der Waals surface area contributed by atoms with Gasteiger partial charge in [-0.05, 0) is 43.4 Å². The van der Waals surface area contributed by atoms with Crippen LogP contribution in [0.1, 0.15) is 38.2 Å². The van der Waals surface area contributed by atoms with E-state index in [1.165, 1.54) is 5.56 Å². The number of nitrogens with one attached hydrogen (secondary N) is 2. The molecular weight excluding hydrogens is 340 g/mol. The average molecular weight is 377 g/mol. The van der Waals surface area contributed by atoms with E-state index in [4.69, 9.17) is 14.5 Å². The van der Waals surface area contributed by atoms with E-state index in [0.717, 1.165) is 77.0 Å². The number of benzene rings is 1. The molecule has 2 rings (SSSR count). The molecule has 2 N–H and O–H groups in total. The van der Waals surface area contributed by atoms with E-state index in [2.05, 4.69) is 41.5 Å². The van der Waals surface area contributed by atoms with Crippen LogP contribution in [-0.2, 0) is 4.74 Å². The van der Waals surface area contributed by atoms with E-state index in [-0.39, 0.29) is 0 Å². The van der Waals surface area contributed by atoms with E-state index in [9.17, 15) is 0 Å². The molecule has 1 aromatic carbocycles. The number of methoxy groups -OCH3 is 1. The van der Waals surface area contributed by atoms with E-state index in [0.29, 0.717) is 5.92 Å². The van der Waals surface area contributed by atoms with Crippen LogP contribution in [-0.4, -0.2) is 70.5 Å². The minimum Gasteiger partial charge on any atom is -0.497 e. The Morgan fingerprint density at radius 2 is 1.96 bits per heavy atom. The summed E-state index contributed by atoms with van der Waals surface area (Å²) in [6.07, 6.45) is 2.14. The molecule has 0 bridgehead atoms. The normalized spacial score (nSPS) is 16.8. The van der Waals surface area contributed by atoms with E-state index in [1.807, 2.05) is 12.1 Å². The minimum atomic E-state index is 0.493. The van der Waals surface area contributed by atoms with Crippen molar-refractivity contribution >= 4 is 5.96 Å². The molecule has 0 aromatic heterocycles. The van der Waals surface area contributed by atoms with Crippen LogP contribution >= 0.6 is 0 Å². The lowest BCUT2D eigenvalue weighted by molar-refractivity contribution is 0.0377. The molecule has 6 nitrogen and oxygen atoms in total. The van der Waals surface area contributed by atoms with Crippen molar-refractivity contribution < 1.29 is 9.47 Å². The summed E-state index contributed by atoms with van der Waals surface area (Å²) in [6, 6.07) is 8.35. The van der Waals surface area contributed by atoms with Gasteiger partial charge < -0.3 is 20.1 Å². The third-order valence-corrected chi connectivity index (χ3v) is 4.90. The molecule has 1 aliphatic heterocycles. The Balaban J connectivity index is 1.68. The van der Waals surface area contributed by atoms with Crippen molar-refractivity contribution in [1.29, 1.82) is 0 Å². The zero-order valence-electron chi connectivity index (χ0n) is 17.2. The summed E-state index contributed by atoms with van der Waals surface area (Å²) in [5, 5.41) is 6.80. The maximum absolute atomic E-state index is 5.39. The van der Waals surface area contributed by atoms with Gasteiger partial charge in [0, 0.05) is 39.3 Å². The molecule has 1 atom stereocenters. The number of aliphatic imine (C=N–C) groups is 1. The van der Waals surface area contributed by atoms with Crippen molar-refractivity contribution in [1.82, 2.24) is 15.5 Å². The van der Waals surface area contributed by atoms with Crippen LogP contribution in [0.25, 0.3) is 0 Å². The van der Waals surface area contributed by atoms with Gasteiger partial charge >= 0.3 is 0 Å². The van der Waals surface area contributed by atoms with Gasteiger partial charge in [0.1, 0.15) is 5.75 Å². The van der Waals surface area contributed by atoms with Gasteiger partial charge in [-0.1, -0.05) is 19.1 Å². The molecule has 1 saturated heterocycles. The maximum Gasteiger partial charge on any atom is 0.191 e. The number of guanidine groups is 1. The lowest BCUT2D eigenvalue weighted by atomic mass is 9.98. The summed E-state index contributed by atoms with van der Waals surface area (Å²) in [4.78, 5) is 7.16. The number of morpholine rings is 1. The lowest BCUT2D eigenvalue weighted by Gasteiger charge is -2.26. The largest absolute Gasteiger partial charge is 0.497 e. The van der Waals surface area contributed by atoms with Crippen LogP contribution in [0.4, 0.5) is 0 Å². The zero-order valence-corrected chi connectivity index (χ0v) is 17.2. The second kappa shape index (κ2) is 12.6. The fourth-order valence-electron chi connectivity index (χ4n) is 3.16. The molecule has 0 saturated carbocycles. The number of hydrogen-bond donors (Lipinski definition) is 2. The van der Waals surface area contributed by atoms with Gasteiger partial charge in [-0.3, -0.25) is 9.89 Å². The number of hydrogen-bond acceptors (Lipinski definition) is 4. The van der Waals surface area contributed by atoms with Gasteiger partial charge in [0.15, 0.2) is 5.96 Å². The first kappa shape index (κ1) is 21.5. The molecule has 0 spiro atoms. The Kier molecular flexibility index (Phi) is 10.0. The number of rotatable bonds is 10. The molecule has 27 heavy (non-hydrogen) atoms. The van der Waals surface area contributed by atoms with E-state index in [1.54, 1.807) is 7.11 Å². The highest BCUT2D eigenvalue weighted by molar-refractivity contribution is 5.79. The number of nitrogens with zero attached hydrogens (tertiary/aromatic N) is 2. The molecule has 1 fully saturated rings. The van der Waals surface area contributed by atoms with Crippen LogP contribution in [0, 0.1) is 0 Å². The molecule has 152 valence electrons. The Bertz CT molecular complexity index is 542. The highest BCUT2D eigenvalue weighted by Crippen LogP contribution is 2.21. The molecule has 1 heterocycles. The first-order valence-electron chi connectivity index (χ1n) is 10.2. The molecule has 1 aliphatic rings. The summed E-state index contributed by atoms with van der Waals surface area (Å²) in [5.41, 5.74) is 1.34. The molecule has 1 aromatic rings.